The predicted octanol–water partition coefficient (Wildman–Crippen LogP) is 0.536. The van der Waals surface area contributed by atoms with Gasteiger partial charge in [-0.15, -0.1) is 0 Å². The van der Waals surface area contributed by atoms with Crippen molar-refractivity contribution in [1.82, 2.24) is 4.84 Å². The molecule has 0 fully saturated rings. The molecule has 24 heavy (non-hydrogen) atoms. The lowest BCUT2D eigenvalue weighted by Gasteiger charge is -2.21. The number of hydrogen-bond acceptors (Lipinski definition) is 8. The van der Waals surface area contributed by atoms with Gasteiger partial charge in [0.2, 0.25) is 0 Å². The molecule has 0 saturated carbocycles. The minimum absolute atomic E-state index is 0.0613. The Bertz CT molecular complexity index is 442. The standard InChI is InChI=1S/C14H28ClNO7S/c1-13(17)23-9-8-21-5-4-20-6-7-22-10-11-24(18,19)12-14(2,3)16-15/h16H,4-12H2,1-3H3. The molecule has 10 heteroatoms. The third-order valence-electron chi connectivity index (χ3n) is 2.65. The van der Waals surface area contributed by atoms with Crippen LogP contribution >= 0.6 is 11.8 Å². The van der Waals surface area contributed by atoms with E-state index in [1.165, 1.54) is 6.92 Å². The zero-order chi connectivity index (χ0) is 18.5. The first kappa shape index (κ1) is 23.5. The number of halogens is 1. The van der Waals surface area contributed by atoms with Gasteiger partial charge in [-0.1, -0.05) is 0 Å². The molecule has 0 unspecified atom stereocenters. The molecule has 0 heterocycles. The van der Waals surface area contributed by atoms with Crippen molar-refractivity contribution in [2.24, 2.45) is 0 Å². The van der Waals surface area contributed by atoms with Gasteiger partial charge in [0, 0.05) is 12.5 Å². The number of esters is 1. The Kier molecular flexibility index (Phi) is 12.6. The molecule has 1 N–H and O–H groups in total. The highest BCUT2D eigenvalue weighted by Crippen LogP contribution is 2.08. The molecule has 0 aliphatic heterocycles. The fourth-order valence-corrected chi connectivity index (χ4v) is 3.46. The highest BCUT2D eigenvalue weighted by Gasteiger charge is 2.25. The Morgan fingerprint density at radius 3 is 1.88 bits per heavy atom. The summed E-state index contributed by atoms with van der Waals surface area (Å²) in [5, 5.41) is 0. The van der Waals surface area contributed by atoms with Crippen LogP contribution in [0, 0.1) is 0 Å². The molecule has 144 valence electrons. The maximum atomic E-state index is 11.8. The Labute approximate surface area is 149 Å². The second-order valence-corrected chi connectivity index (χ2v) is 8.12. The molecule has 0 atom stereocenters. The maximum Gasteiger partial charge on any atom is 0.302 e. The molecule has 0 aromatic carbocycles. The molecule has 0 radical (unpaired) electrons. The smallest absolute Gasteiger partial charge is 0.302 e. The van der Waals surface area contributed by atoms with Crippen molar-refractivity contribution in [3.05, 3.63) is 0 Å². The Balaban J connectivity index is 3.46. The van der Waals surface area contributed by atoms with Crippen LogP contribution in [0.1, 0.15) is 20.8 Å². The molecule has 0 aromatic heterocycles. The molecule has 8 nitrogen and oxygen atoms in total. The quantitative estimate of drug-likeness (QED) is 0.246. The third-order valence-corrected chi connectivity index (χ3v) is 5.11. The van der Waals surface area contributed by atoms with Crippen molar-refractivity contribution in [3.63, 3.8) is 0 Å². The van der Waals surface area contributed by atoms with Crippen molar-refractivity contribution in [1.29, 1.82) is 0 Å². The second kappa shape index (κ2) is 12.8. The number of carbonyl (C=O) groups is 1. The van der Waals surface area contributed by atoms with Crippen LogP contribution < -0.4 is 4.84 Å². The first-order chi connectivity index (χ1) is 11.2. The number of nitrogens with one attached hydrogen (secondary N) is 1. The minimum atomic E-state index is -3.24. The number of hydrogen-bond donors (Lipinski definition) is 1. The molecular weight excluding hydrogens is 362 g/mol. The van der Waals surface area contributed by atoms with Gasteiger partial charge < -0.3 is 18.9 Å². The van der Waals surface area contributed by atoms with Crippen LogP contribution in [0.2, 0.25) is 0 Å². The fourth-order valence-electron chi connectivity index (χ4n) is 1.62. The minimum Gasteiger partial charge on any atom is -0.463 e. The monoisotopic (exact) mass is 389 g/mol. The Morgan fingerprint density at radius 2 is 1.42 bits per heavy atom. The van der Waals surface area contributed by atoms with Crippen LogP contribution in [-0.4, -0.2) is 77.7 Å². The van der Waals surface area contributed by atoms with E-state index in [1.54, 1.807) is 13.8 Å². The average Bonchev–Trinajstić information content (AvgIpc) is 2.47. The van der Waals surface area contributed by atoms with Crippen molar-refractivity contribution in [2.45, 2.75) is 26.3 Å². The van der Waals surface area contributed by atoms with Gasteiger partial charge in [-0.05, 0) is 25.6 Å². The molecule has 0 spiro atoms. The number of ether oxygens (including phenoxy) is 4. The molecule has 0 aliphatic rings. The van der Waals surface area contributed by atoms with Crippen molar-refractivity contribution in [2.75, 3.05) is 57.8 Å². The van der Waals surface area contributed by atoms with Gasteiger partial charge in [0.25, 0.3) is 0 Å². The maximum absolute atomic E-state index is 11.8. The topological polar surface area (TPSA) is 100 Å². The molecule has 0 bridgehead atoms. The summed E-state index contributed by atoms with van der Waals surface area (Å²) < 4.78 is 44.1. The van der Waals surface area contributed by atoms with Gasteiger partial charge in [0.15, 0.2) is 9.84 Å². The van der Waals surface area contributed by atoms with Gasteiger partial charge in [-0.3, -0.25) is 4.79 Å². The molecule has 0 saturated heterocycles. The first-order valence-corrected chi connectivity index (χ1v) is 9.83. The molecule has 0 rings (SSSR count). The third kappa shape index (κ3) is 15.1. The van der Waals surface area contributed by atoms with E-state index in [2.05, 4.69) is 4.84 Å². The van der Waals surface area contributed by atoms with E-state index < -0.39 is 15.4 Å². The van der Waals surface area contributed by atoms with E-state index in [0.717, 1.165) is 0 Å². The van der Waals surface area contributed by atoms with Crippen LogP contribution in [0.4, 0.5) is 0 Å². The van der Waals surface area contributed by atoms with Crippen molar-refractivity contribution >= 4 is 27.6 Å². The summed E-state index contributed by atoms with van der Waals surface area (Å²) in [6, 6.07) is 0. The molecule has 0 aliphatic carbocycles. The van der Waals surface area contributed by atoms with E-state index in [0.29, 0.717) is 33.0 Å². The summed E-state index contributed by atoms with van der Waals surface area (Å²) >= 11 is 5.49. The average molecular weight is 390 g/mol. The van der Waals surface area contributed by atoms with E-state index in [4.69, 9.17) is 30.7 Å². The Hall–Kier alpha value is -0.450. The lowest BCUT2D eigenvalue weighted by Crippen LogP contribution is -2.41. The van der Waals surface area contributed by atoms with E-state index >= 15 is 0 Å². The second-order valence-electron chi connectivity index (χ2n) is 5.75. The largest absolute Gasteiger partial charge is 0.463 e. The number of rotatable bonds is 15. The van der Waals surface area contributed by atoms with Gasteiger partial charge in [-0.2, -0.15) is 0 Å². The highest BCUT2D eigenvalue weighted by atomic mass is 35.5. The zero-order valence-electron chi connectivity index (χ0n) is 14.5. The zero-order valence-corrected chi connectivity index (χ0v) is 16.1. The van der Waals surface area contributed by atoms with Crippen LogP contribution in [0.5, 0.6) is 0 Å². The van der Waals surface area contributed by atoms with Gasteiger partial charge in [-0.25, -0.2) is 13.3 Å². The molecule has 0 aromatic rings. The normalized spacial score (nSPS) is 12.3. The highest BCUT2D eigenvalue weighted by molar-refractivity contribution is 7.91. The first-order valence-electron chi connectivity index (χ1n) is 7.63. The van der Waals surface area contributed by atoms with Crippen LogP contribution in [-0.2, 0) is 33.6 Å². The van der Waals surface area contributed by atoms with E-state index in [-0.39, 0.29) is 30.7 Å². The van der Waals surface area contributed by atoms with Gasteiger partial charge in [0.1, 0.15) is 6.61 Å². The van der Waals surface area contributed by atoms with E-state index in [9.17, 15) is 13.2 Å². The number of sulfone groups is 1. The number of carbonyl (C=O) groups excluding carboxylic acids is 1. The van der Waals surface area contributed by atoms with Gasteiger partial charge in [0.05, 0.1) is 51.1 Å². The lowest BCUT2D eigenvalue weighted by atomic mass is 10.1. The van der Waals surface area contributed by atoms with Crippen LogP contribution in [0.15, 0.2) is 0 Å². The van der Waals surface area contributed by atoms with Crippen molar-refractivity contribution < 1.29 is 32.2 Å². The molecule has 0 amide bonds. The lowest BCUT2D eigenvalue weighted by molar-refractivity contribution is -0.142. The van der Waals surface area contributed by atoms with E-state index in [1.807, 2.05) is 0 Å². The van der Waals surface area contributed by atoms with Gasteiger partial charge >= 0.3 is 5.97 Å². The summed E-state index contributed by atoms with van der Waals surface area (Å²) in [5.74, 6) is -0.459. The SMILES string of the molecule is CC(=O)OCCOCCOCCOCCS(=O)(=O)CC(C)(C)NCl. The van der Waals surface area contributed by atoms with Crippen molar-refractivity contribution in [3.8, 4) is 0 Å². The summed E-state index contributed by atoms with van der Waals surface area (Å²) in [4.78, 5) is 12.9. The summed E-state index contributed by atoms with van der Waals surface area (Å²) in [6.07, 6.45) is 0. The summed E-state index contributed by atoms with van der Waals surface area (Å²) in [7, 11) is -3.24. The summed E-state index contributed by atoms with van der Waals surface area (Å²) in [6.45, 7) is 6.84. The van der Waals surface area contributed by atoms with Crippen LogP contribution in [0.3, 0.4) is 0 Å². The summed E-state index contributed by atoms with van der Waals surface area (Å²) in [5.41, 5.74) is -0.682. The molecular formula is C14H28ClNO7S. The predicted molar refractivity (Wildman–Crippen MR) is 90.8 cm³/mol. The fraction of sp³-hybridized carbons (Fsp3) is 0.929. The Morgan fingerprint density at radius 1 is 0.958 bits per heavy atom. The van der Waals surface area contributed by atoms with Crippen LogP contribution in [0.25, 0.3) is 0 Å².